The maximum atomic E-state index is 14.2. The normalized spacial score (nSPS) is 21.2. The molecule has 0 aromatic heterocycles. The minimum Gasteiger partial charge on any atom is -0.465 e. The molecule has 0 saturated carbocycles. The van der Waals surface area contributed by atoms with Gasteiger partial charge >= 0.3 is 5.97 Å². The number of ether oxygens (including phenoxy) is 1. The zero-order valence-corrected chi connectivity index (χ0v) is 13.2. The van der Waals surface area contributed by atoms with E-state index in [1.807, 2.05) is 20.8 Å². The highest BCUT2D eigenvalue weighted by Crippen LogP contribution is 2.29. The number of esters is 1. The monoisotopic (exact) mass is 308 g/mol. The number of halogens is 1. The molecular formula is C15H17FN2O2S. The van der Waals surface area contributed by atoms with Gasteiger partial charge in [0.15, 0.2) is 0 Å². The van der Waals surface area contributed by atoms with Crippen LogP contribution in [0.2, 0.25) is 0 Å². The molecule has 1 aromatic carbocycles. The molecule has 2 rings (SSSR count). The molecule has 21 heavy (non-hydrogen) atoms. The lowest BCUT2D eigenvalue weighted by Gasteiger charge is -2.24. The number of hydrogen-bond acceptors (Lipinski definition) is 4. The molecule has 0 bridgehead atoms. The molecule has 6 heteroatoms. The van der Waals surface area contributed by atoms with Crippen molar-refractivity contribution < 1.29 is 13.9 Å². The van der Waals surface area contributed by atoms with Gasteiger partial charge in [-0.2, -0.15) is 0 Å². The van der Waals surface area contributed by atoms with Crippen LogP contribution in [0.3, 0.4) is 0 Å². The first-order valence-electron chi connectivity index (χ1n) is 6.59. The van der Waals surface area contributed by atoms with E-state index in [1.54, 1.807) is 0 Å². The summed E-state index contributed by atoms with van der Waals surface area (Å²) in [5.74, 6) is -0.740. The summed E-state index contributed by atoms with van der Waals surface area (Å²) < 4.78 is 18.9. The highest BCUT2D eigenvalue weighted by Gasteiger charge is 2.40. The highest BCUT2D eigenvalue weighted by molar-refractivity contribution is 7.80. The van der Waals surface area contributed by atoms with Gasteiger partial charge in [-0.15, -0.1) is 0 Å². The van der Waals surface area contributed by atoms with Crippen LogP contribution < -0.4 is 5.32 Å². The maximum Gasteiger partial charge on any atom is 0.338 e. The Morgan fingerprint density at radius 1 is 1.48 bits per heavy atom. The lowest BCUT2D eigenvalue weighted by atomic mass is 9.90. The van der Waals surface area contributed by atoms with Crippen LogP contribution in [0.5, 0.6) is 0 Å². The van der Waals surface area contributed by atoms with E-state index in [0.29, 0.717) is 4.99 Å². The Kier molecular flexibility index (Phi) is 4.09. The fourth-order valence-electron chi connectivity index (χ4n) is 2.10. The van der Waals surface area contributed by atoms with Crippen LogP contribution >= 0.6 is 12.2 Å². The average Bonchev–Trinajstić information content (AvgIpc) is 2.74. The van der Waals surface area contributed by atoms with E-state index in [1.165, 1.54) is 25.3 Å². The van der Waals surface area contributed by atoms with Crippen molar-refractivity contribution in [2.75, 3.05) is 7.11 Å². The van der Waals surface area contributed by atoms with Crippen molar-refractivity contribution in [2.45, 2.75) is 26.3 Å². The zero-order chi connectivity index (χ0) is 15.8. The Labute approximate surface area is 128 Å². The topological polar surface area (TPSA) is 50.7 Å². The zero-order valence-electron chi connectivity index (χ0n) is 12.4. The first kappa shape index (κ1) is 15.6. The second-order valence-corrected chi connectivity index (χ2v) is 5.78. The molecule has 1 atom stereocenters. The molecule has 1 aliphatic heterocycles. The fraction of sp³-hybridized carbons (Fsp3) is 0.400. The van der Waals surface area contributed by atoms with Crippen molar-refractivity contribution in [3.63, 3.8) is 0 Å². The molecule has 0 fully saturated rings. The number of nitrogens with zero attached hydrogens (tertiary/aromatic N) is 1. The third kappa shape index (κ3) is 2.55. The van der Waals surface area contributed by atoms with Gasteiger partial charge in [-0.25, -0.2) is 9.18 Å². The van der Waals surface area contributed by atoms with Crippen molar-refractivity contribution in [1.82, 2.24) is 5.32 Å². The van der Waals surface area contributed by atoms with E-state index in [0.717, 1.165) is 0 Å². The molecule has 0 saturated heterocycles. The van der Waals surface area contributed by atoms with E-state index in [9.17, 15) is 9.18 Å². The lowest BCUT2D eigenvalue weighted by Crippen LogP contribution is -2.40. The van der Waals surface area contributed by atoms with Crippen molar-refractivity contribution in [3.8, 4) is 0 Å². The number of nitrogens with one attached hydrogen (secondary N) is 1. The van der Waals surface area contributed by atoms with Gasteiger partial charge in [-0.1, -0.05) is 32.1 Å². The largest absolute Gasteiger partial charge is 0.465 e. The fourth-order valence-corrected chi connectivity index (χ4v) is 2.48. The Morgan fingerprint density at radius 3 is 2.67 bits per heavy atom. The second-order valence-electron chi connectivity index (χ2n) is 5.37. The number of carbonyl (C=O) groups is 1. The number of amidine groups is 1. The maximum absolute atomic E-state index is 14.2. The van der Waals surface area contributed by atoms with Crippen molar-refractivity contribution >= 4 is 29.0 Å². The van der Waals surface area contributed by atoms with E-state index in [4.69, 9.17) is 17.0 Å². The molecule has 112 valence electrons. The predicted octanol–water partition coefficient (Wildman–Crippen LogP) is 2.70. The van der Waals surface area contributed by atoms with Crippen LogP contribution in [-0.2, 0) is 4.74 Å². The average molecular weight is 308 g/mol. The summed E-state index contributed by atoms with van der Waals surface area (Å²) in [7, 11) is 1.25. The van der Waals surface area contributed by atoms with Crippen molar-refractivity contribution in [3.05, 3.63) is 35.1 Å². The molecule has 1 aromatic rings. The Morgan fingerprint density at radius 2 is 2.14 bits per heavy atom. The Hall–Kier alpha value is -1.82. The molecule has 0 amide bonds. The van der Waals surface area contributed by atoms with Crippen LogP contribution in [0.25, 0.3) is 0 Å². The van der Waals surface area contributed by atoms with Gasteiger partial charge in [-0.05, 0) is 25.0 Å². The molecule has 1 aliphatic rings. The first-order chi connectivity index (χ1) is 9.81. The van der Waals surface area contributed by atoms with Crippen LogP contribution in [-0.4, -0.2) is 29.4 Å². The number of methoxy groups -OCH3 is 1. The number of carbonyl (C=O) groups excluding carboxylic acids is 1. The van der Waals surface area contributed by atoms with Gasteiger partial charge in [0.1, 0.15) is 22.2 Å². The van der Waals surface area contributed by atoms with E-state index in [2.05, 4.69) is 10.3 Å². The van der Waals surface area contributed by atoms with Crippen molar-refractivity contribution in [1.29, 1.82) is 0 Å². The summed E-state index contributed by atoms with van der Waals surface area (Å²) in [6, 6.07) is 4.24. The summed E-state index contributed by atoms with van der Waals surface area (Å²) >= 11 is 5.32. The summed E-state index contributed by atoms with van der Waals surface area (Å²) in [4.78, 5) is 16.9. The van der Waals surface area contributed by atoms with Crippen LogP contribution in [0.1, 0.15) is 36.7 Å². The van der Waals surface area contributed by atoms with E-state index >= 15 is 0 Å². The summed E-state index contributed by atoms with van der Waals surface area (Å²) in [6.45, 7) is 5.87. The van der Waals surface area contributed by atoms with Crippen LogP contribution in [0.4, 0.5) is 4.39 Å². The minimum absolute atomic E-state index is 0.0936. The predicted molar refractivity (Wildman–Crippen MR) is 83.3 cm³/mol. The third-order valence-electron chi connectivity index (χ3n) is 3.82. The van der Waals surface area contributed by atoms with Gasteiger partial charge in [-0.3, -0.25) is 4.99 Å². The highest BCUT2D eigenvalue weighted by atomic mass is 32.1. The van der Waals surface area contributed by atoms with Gasteiger partial charge in [0.05, 0.1) is 18.2 Å². The number of hydrogen-bond donors (Lipinski definition) is 1. The first-order valence-corrected chi connectivity index (χ1v) is 7.00. The van der Waals surface area contributed by atoms with Gasteiger partial charge in [0, 0.05) is 0 Å². The number of benzene rings is 1. The van der Waals surface area contributed by atoms with Gasteiger partial charge in [0.2, 0.25) is 0 Å². The molecule has 4 nitrogen and oxygen atoms in total. The SMILES string of the molecule is COC(=O)c1cccc(F)c1C1=NC(C)(C(C)C)C(=S)N1. The molecule has 1 N–H and O–H groups in total. The van der Waals surface area contributed by atoms with E-state index in [-0.39, 0.29) is 22.9 Å². The standard InChI is InChI=1S/C15H17FN2O2S/c1-8(2)15(3)14(21)17-12(18-15)11-9(13(19)20-4)6-5-7-10(11)16/h5-8H,1-4H3,(H,17,18,21). The molecule has 0 aliphatic carbocycles. The Balaban J connectivity index is 2.59. The second kappa shape index (κ2) is 5.52. The van der Waals surface area contributed by atoms with Crippen molar-refractivity contribution in [2.24, 2.45) is 10.9 Å². The summed E-state index contributed by atoms with van der Waals surface area (Å²) in [6.07, 6.45) is 0. The molecular weight excluding hydrogens is 291 g/mol. The minimum atomic E-state index is -0.613. The number of aliphatic imine (C=N–C) groups is 1. The number of rotatable bonds is 3. The van der Waals surface area contributed by atoms with Crippen LogP contribution in [0.15, 0.2) is 23.2 Å². The van der Waals surface area contributed by atoms with E-state index < -0.39 is 17.3 Å². The van der Waals surface area contributed by atoms with Gasteiger partial charge < -0.3 is 10.1 Å². The Bertz CT molecular complexity index is 643. The lowest BCUT2D eigenvalue weighted by molar-refractivity contribution is 0.0600. The summed E-state index contributed by atoms with van der Waals surface area (Å²) in [5.41, 5.74) is -0.393. The number of thiocarbonyl (C=S) groups is 1. The molecule has 1 heterocycles. The summed E-state index contributed by atoms with van der Waals surface area (Å²) in [5, 5.41) is 2.94. The third-order valence-corrected chi connectivity index (χ3v) is 4.33. The van der Waals surface area contributed by atoms with Gasteiger partial charge in [0.25, 0.3) is 0 Å². The smallest absolute Gasteiger partial charge is 0.338 e. The van der Waals surface area contributed by atoms with Crippen LogP contribution in [0, 0.1) is 11.7 Å². The molecule has 1 unspecified atom stereocenters. The molecule has 0 radical (unpaired) electrons. The molecule has 0 spiro atoms. The quantitative estimate of drug-likeness (QED) is 0.689.